The number of hydrogen-bond acceptors (Lipinski definition) is 7. The Bertz CT molecular complexity index is 1350. The number of nitrogens with one attached hydrogen (secondary N) is 2. The number of aromatic nitrogens is 1. The van der Waals surface area contributed by atoms with E-state index in [9.17, 15) is 13.2 Å². The van der Waals surface area contributed by atoms with Gasteiger partial charge in [0.1, 0.15) is 4.90 Å². The molecule has 1 amide bonds. The summed E-state index contributed by atoms with van der Waals surface area (Å²) in [6.07, 6.45) is 4.56. The van der Waals surface area contributed by atoms with Gasteiger partial charge in [0, 0.05) is 55.7 Å². The smallest absolute Gasteiger partial charge is 0.264 e. The zero-order chi connectivity index (χ0) is 25.7. The van der Waals surface area contributed by atoms with Crippen molar-refractivity contribution >= 4 is 38.2 Å². The highest BCUT2D eigenvalue weighted by atomic mass is 32.2. The third-order valence-corrected chi connectivity index (χ3v) is 8.28. The van der Waals surface area contributed by atoms with Crippen LogP contribution in [-0.4, -0.2) is 76.7 Å². The molecule has 2 fully saturated rings. The molecule has 37 heavy (non-hydrogen) atoms. The summed E-state index contributed by atoms with van der Waals surface area (Å²) < 4.78 is 34.7. The van der Waals surface area contributed by atoms with Crippen LogP contribution in [0.25, 0.3) is 10.9 Å². The lowest BCUT2D eigenvalue weighted by Crippen LogP contribution is -2.38. The van der Waals surface area contributed by atoms with Gasteiger partial charge in [0.25, 0.3) is 15.9 Å². The minimum Gasteiger partial charge on any atom is -0.379 e. The molecule has 9 nitrogen and oxygen atoms in total. The van der Waals surface area contributed by atoms with Gasteiger partial charge in [-0.05, 0) is 56.1 Å². The van der Waals surface area contributed by atoms with Crippen LogP contribution >= 0.6 is 0 Å². The fourth-order valence-corrected chi connectivity index (χ4v) is 6.17. The summed E-state index contributed by atoms with van der Waals surface area (Å²) in [7, 11) is -3.92. The number of nitrogens with zero attached hydrogens (tertiary/aromatic N) is 3. The minimum atomic E-state index is -3.92. The lowest BCUT2D eigenvalue weighted by molar-refractivity contribution is 0.0374. The van der Waals surface area contributed by atoms with Gasteiger partial charge in [-0.15, -0.1) is 0 Å². The number of pyridine rings is 1. The molecule has 0 radical (unpaired) electrons. The first-order valence-electron chi connectivity index (χ1n) is 12.9. The monoisotopic (exact) mass is 523 g/mol. The van der Waals surface area contributed by atoms with Gasteiger partial charge in [0.2, 0.25) is 0 Å². The standard InChI is InChI=1S/C27H33N5O4S/c33-27(29-12-5-13-31-16-18-36-19-17-31)23-20-22(9-10-24(23)32-14-1-2-15-32)30-37(34,35)25-8-3-6-21-7-4-11-28-26(21)25/h3-4,6-11,20,30H,1-2,5,12-19H2,(H,29,33). The summed E-state index contributed by atoms with van der Waals surface area (Å²) in [5.41, 5.74) is 2.06. The van der Waals surface area contributed by atoms with E-state index in [2.05, 4.69) is 24.8 Å². The fraction of sp³-hybridized carbons (Fsp3) is 0.407. The third kappa shape index (κ3) is 6.03. The molecule has 2 N–H and O–H groups in total. The molecule has 2 aliphatic heterocycles. The SMILES string of the molecule is O=C(NCCCN1CCOCC1)c1cc(NS(=O)(=O)c2cccc3cccnc23)ccc1N1CCCC1. The zero-order valence-corrected chi connectivity index (χ0v) is 21.7. The molecule has 0 spiro atoms. The maximum Gasteiger partial charge on any atom is 0.264 e. The van der Waals surface area contributed by atoms with E-state index in [4.69, 9.17) is 4.74 Å². The van der Waals surface area contributed by atoms with Crippen molar-refractivity contribution in [2.75, 3.05) is 62.1 Å². The van der Waals surface area contributed by atoms with Crippen molar-refractivity contribution in [3.63, 3.8) is 0 Å². The van der Waals surface area contributed by atoms with Gasteiger partial charge >= 0.3 is 0 Å². The van der Waals surface area contributed by atoms with E-state index in [1.807, 2.05) is 18.2 Å². The normalized spacial score (nSPS) is 16.7. The van der Waals surface area contributed by atoms with Crippen LogP contribution in [0.2, 0.25) is 0 Å². The van der Waals surface area contributed by atoms with Gasteiger partial charge in [-0.2, -0.15) is 0 Å². The first-order valence-corrected chi connectivity index (χ1v) is 14.3. The molecule has 0 unspecified atom stereocenters. The molecule has 2 saturated heterocycles. The van der Waals surface area contributed by atoms with Crippen LogP contribution in [0, 0.1) is 0 Å². The van der Waals surface area contributed by atoms with Crippen molar-refractivity contribution in [3.05, 3.63) is 60.3 Å². The Balaban J connectivity index is 1.34. The summed E-state index contributed by atoms with van der Waals surface area (Å²) in [6.45, 7) is 6.55. The highest BCUT2D eigenvalue weighted by Gasteiger charge is 2.23. The van der Waals surface area contributed by atoms with E-state index in [0.29, 0.717) is 23.3 Å². The van der Waals surface area contributed by atoms with Crippen LogP contribution in [0.5, 0.6) is 0 Å². The summed E-state index contributed by atoms with van der Waals surface area (Å²) in [4.78, 5) is 22.2. The number of fused-ring (bicyclic) bond motifs is 1. The van der Waals surface area contributed by atoms with Crippen LogP contribution in [0.1, 0.15) is 29.6 Å². The van der Waals surface area contributed by atoms with E-state index in [-0.39, 0.29) is 10.8 Å². The van der Waals surface area contributed by atoms with Crippen LogP contribution < -0.4 is 14.9 Å². The van der Waals surface area contributed by atoms with E-state index < -0.39 is 10.0 Å². The van der Waals surface area contributed by atoms with E-state index in [0.717, 1.165) is 76.3 Å². The predicted molar refractivity (Wildman–Crippen MR) is 145 cm³/mol. The Labute approximate surface area is 217 Å². The molecule has 5 rings (SSSR count). The zero-order valence-electron chi connectivity index (χ0n) is 20.9. The molecule has 0 aliphatic carbocycles. The van der Waals surface area contributed by atoms with Gasteiger partial charge in [-0.25, -0.2) is 8.42 Å². The van der Waals surface area contributed by atoms with Crippen LogP contribution in [-0.2, 0) is 14.8 Å². The van der Waals surface area contributed by atoms with Gasteiger partial charge in [-0.3, -0.25) is 19.4 Å². The number of rotatable bonds is 9. The summed E-state index contributed by atoms with van der Waals surface area (Å²) in [6, 6.07) is 13.9. The fourth-order valence-electron chi connectivity index (χ4n) is 4.94. The van der Waals surface area contributed by atoms with E-state index >= 15 is 0 Å². The molecule has 3 aromatic rings. The minimum absolute atomic E-state index is 0.100. The predicted octanol–water partition coefficient (Wildman–Crippen LogP) is 3.09. The van der Waals surface area contributed by atoms with Gasteiger partial charge in [0.15, 0.2) is 0 Å². The first kappa shape index (κ1) is 25.4. The number of morpholine rings is 1. The maximum absolute atomic E-state index is 13.3. The van der Waals surface area contributed by atoms with Crippen LogP contribution in [0.4, 0.5) is 11.4 Å². The van der Waals surface area contributed by atoms with Gasteiger partial charge in [0.05, 0.1) is 24.3 Å². The first-order chi connectivity index (χ1) is 18.0. The Morgan fingerprint density at radius 3 is 2.59 bits per heavy atom. The highest BCUT2D eigenvalue weighted by Crippen LogP contribution is 2.29. The van der Waals surface area contributed by atoms with Gasteiger partial charge in [-0.1, -0.05) is 18.2 Å². The Morgan fingerprint density at radius 1 is 1.00 bits per heavy atom. The van der Waals surface area contributed by atoms with Crippen molar-refractivity contribution in [1.29, 1.82) is 0 Å². The molecule has 2 aliphatic rings. The third-order valence-electron chi connectivity index (χ3n) is 6.87. The number of para-hydroxylation sites is 1. The summed E-state index contributed by atoms with van der Waals surface area (Å²) >= 11 is 0. The lowest BCUT2D eigenvalue weighted by atomic mass is 10.1. The Kier molecular flexibility index (Phi) is 7.87. The Morgan fingerprint density at radius 2 is 1.78 bits per heavy atom. The number of hydrogen-bond donors (Lipinski definition) is 2. The van der Waals surface area contributed by atoms with E-state index in [1.54, 1.807) is 36.5 Å². The largest absolute Gasteiger partial charge is 0.379 e. The molecular formula is C27H33N5O4S. The number of carbonyl (C=O) groups excluding carboxylic acids is 1. The average Bonchev–Trinajstić information content (AvgIpc) is 3.46. The number of ether oxygens (including phenoxy) is 1. The second-order valence-electron chi connectivity index (χ2n) is 9.43. The second-order valence-corrected chi connectivity index (χ2v) is 11.1. The molecule has 1 aromatic heterocycles. The van der Waals surface area contributed by atoms with Crippen LogP contribution in [0.15, 0.2) is 59.6 Å². The Hall–Kier alpha value is -3.21. The van der Waals surface area contributed by atoms with Crippen molar-refractivity contribution in [2.45, 2.75) is 24.2 Å². The topological polar surface area (TPSA) is 104 Å². The molecule has 10 heteroatoms. The number of carbonyl (C=O) groups is 1. The lowest BCUT2D eigenvalue weighted by Gasteiger charge is -2.26. The highest BCUT2D eigenvalue weighted by molar-refractivity contribution is 7.93. The molecule has 0 saturated carbocycles. The van der Waals surface area contributed by atoms with Crippen molar-refractivity contribution < 1.29 is 17.9 Å². The van der Waals surface area contributed by atoms with Crippen LogP contribution in [0.3, 0.4) is 0 Å². The molecule has 0 atom stereocenters. The number of amides is 1. The molecule has 0 bridgehead atoms. The van der Waals surface area contributed by atoms with Crippen molar-refractivity contribution in [3.8, 4) is 0 Å². The summed E-state index contributed by atoms with van der Waals surface area (Å²) in [5.74, 6) is -0.197. The van der Waals surface area contributed by atoms with Gasteiger partial charge < -0.3 is 15.0 Å². The quantitative estimate of drug-likeness (QED) is 0.416. The van der Waals surface area contributed by atoms with E-state index in [1.165, 1.54) is 0 Å². The van der Waals surface area contributed by atoms with Crippen molar-refractivity contribution in [1.82, 2.24) is 15.2 Å². The average molecular weight is 524 g/mol. The van der Waals surface area contributed by atoms with Crippen molar-refractivity contribution in [2.24, 2.45) is 0 Å². The molecule has 196 valence electrons. The number of sulfonamides is 1. The molecular weight excluding hydrogens is 490 g/mol. The summed E-state index contributed by atoms with van der Waals surface area (Å²) in [5, 5.41) is 3.78. The second kappa shape index (κ2) is 11.5. The molecule has 3 heterocycles. The maximum atomic E-state index is 13.3. The molecule has 2 aromatic carbocycles. The number of anilines is 2. The number of benzene rings is 2.